The van der Waals surface area contributed by atoms with Crippen LogP contribution in [-0.2, 0) is 13.1 Å². The Morgan fingerprint density at radius 1 is 1.21 bits per heavy atom. The Hall–Kier alpha value is -1.81. The Balaban J connectivity index is 1.87. The number of phenolic OH excluding ortho intramolecular Hbond substituents is 1. The zero-order chi connectivity index (χ0) is 13.4. The van der Waals surface area contributed by atoms with Gasteiger partial charge in [0.15, 0.2) is 0 Å². The normalized spacial score (nSPS) is 13.7. The van der Waals surface area contributed by atoms with Crippen molar-refractivity contribution in [1.29, 1.82) is 0 Å². The molecule has 0 bridgehead atoms. The fraction of sp³-hybridized carbons (Fsp3) is 0.133. The quantitative estimate of drug-likeness (QED) is 0.923. The molecule has 1 aliphatic rings. The van der Waals surface area contributed by atoms with Crippen LogP contribution in [0.25, 0.3) is 0 Å². The largest absolute Gasteiger partial charge is 0.507 e. The predicted molar refractivity (Wildman–Crippen MR) is 75.8 cm³/mol. The number of rotatable bonds is 2. The molecule has 2 aromatic carbocycles. The predicted octanol–water partition coefficient (Wildman–Crippen LogP) is 3.31. The summed E-state index contributed by atoms with van der Waals surface area (Å²) >= 11 is 3.28. The number of amides is 1. The van der Waals surface area contributed by atoms with Crippen LogP contribution in [0.3, 0.4) is 0 Å². The molecule has 0 atom stereocenters. The van der Waals surface area contributed by atoms with Gasteiger partial charge in [0.05, 0.1) is 4.47 Å². The van der Waals surface area contributed by atoms with Crippen molar-refractivity contribution in [3.63, 3.8) is 0 Å². The Bertz CT molecular complexity index is 640. The molecular formula is C15H12BrNO2. The Labute approximate surface area is 119 Å². The van der Waals surface area contributed by atoms with Crippen molar-refractivity contribution in [3.8, 4) is 5.75 Å². The van der Waals surface area contributed by atoms with E-state index in [9.17, 15) is 9.90 Å². The van der Waals surface area contributed by atoms with Crippen molar-refractivity contribution >= 4 is 21.8 Å². The van der Waals surface area contributed by atoms with Crippen LogP contribution in [0, 0.1) is 0 Å². The Morgan fingerprint density at radius 2 is 1.95 bits per heavy atom. The van der Waals surface area contributed by atoms with Gasteiger partial charge in [-0.05, 0) is 39.2 Å². The van der Waals surface area contributed by atoms with Gasteiger partial charge in [0.25, 0.3) is 5.91 Å². The highest BCUT2D eigenvalue weighted by atomic mass is 79.9. The minimum atomic E-state index is -0.0262. The van der Waals surface area contributed by atoms with Crippen molar-refractivity contribution in [3.05, 3.63) is 63.6 Å². The minimum Gasteiger partial charge on any atom is -0.507 e. The highest BCUT2D eigenvalue weighted by Crippen LogP contribution is 2.33. The standard InChI is InChI=1S/C15H12BrNO2/c16-13-6-11-9-17(8-10-4-2-1-3-5-10)15(19)12(11)7-14(13)18/h1-7,18H,8-9H2. The molecular weight excluding hydrogens is 306 g/mol. The maximum absolute atomic E-state index is 12.3. The molecule has 4 heteroatoms. The van der Waals surface area contributed by atoms with Gasteiger partial charge in [-0.25, -0.2) is 0 Å². The third-order valence-corrected chi connectivity index (χ3v) is 3.90. The molecule has 19 heavy (non-hydrogen) atoms. The summed E-state index contributed by atoms with van der Waals surface area (Å²) in [7, 11) is 0. The van der Waals surface area contributed by atoms with Crippen LogP contribution in [0.1, 0.15) is 21.5 Å². The van der Waals surface area contributed by atoms with Gasteiger partial charge in [0.2, 0.25) is 0 Å². The lowest BCUT2D eigenvalue weighted by molar-refractivity contribution is 0.0766. The van der Waals surface area contributed by atoms with Crippen LogP contribution in [0.2, 0.25) is 0 Å². The van der Waals surface area contributed by atoms with Crippen LogP contribution in [0.4, 0.5) is 0 Å². The van der Waals surface area contributed by atoms with E-state index in [-0.39, 0.29) is 11.7 Å². The maximum atomic E-state index is 12.3. The lowest BCUT2D eigenvalue weighted by Gasteiger charge is -2.15. The first-order valence-electron chi connectivity index (χ1n) is 6.00. The number of hydrogen-bond acceptors (Lipinski definition) is 2. The monoisotopic (exact) mass is 317 g/mol. The van der Waals surface area contributed by atoms with Gasteiger partial charge >= 0.3 is 0 Å². The van der Waals surface area contributed by atoms with Gasteiger partial charge in [-0.3, -0.25) is 4.79 Å². The fourth-order valence-corrected chi connectivity index (χ4v) is 2.70. The zero-order valence-corrected chi connectivity index (χ0v) is 11.7. The summed E-state index contributed by atoms with van der Waals surface area (Å²) in [6.45, 7) is 1.18. The Kier molecular flexibility index (Phi) is 3.03. The van der Waals surface area contributed by atoms with Crippen LogP contribution < -0.4 is 0 Å². The third kappa shape index (κ3) is 2.24. The first-order valence-corrected chi connectivity index (χ1v) is 6.79. The number of benzene rings is 2. The molecule has 2 aromatic rings. The van der Waals surface area contributed by atoms with Crippen molar-refractivity contribution in [2.45, 2.75) is 13.1 Å². The van der Waals surface area contributed by atoms with Gasteiger partial charge in [0.1, 0.15) is 5.75 Å². The molecule has 0 spiro atoms. The number of nitrogens with zero attached hydrogens (tertiary/aromatic N) is 1. The van der Waals surface area contributed by atoms with Crippen molar-refractivity contribution < 1.29 is 9.90 Å². The minimum absolute atomic E-state index is 0.0262. The Morgan fingerprint density at radius 3 is 2.68 bits per heavy atom. The van der Waals surface area contributed by atoms with E-state index in [0.717, 1.165) is 11.1 Å². The number of fused-ring (bicyclic) bond motifs is 1. The first-order chi connectivity index (χ1) is 9.15. The average Bonchev–Trinajstić information content (AvgIpc) is 2.69. The molecule has 0 aliphatic carbocycles. The van der Waals surface area contributed by atoms with Crippen LogP contribution in [-0.4, -0.2) is 15.9 Å². The van der Waals surface area contributed by atoms with E-state index in [1.165, 1.54) is 6.07 Å². The summed E-state index contributed by atoms with van der Waals surface area (Å²) < 4.78 is 0.626. The second kappa shape index (κ2) is 4.70. The lowest BCUT2D eigenvalue weighted by atomic mass is 10.1. The van der Waals surface area contributed by atoms with Gasteiger partial charge in [-0.2, -0.15) is 0 Å². The molecule has 3 nitrogen and oxygen atoms in total. The number of hydrogen-bond donors (Lipinski definition) is 1. The zero-order valence-electron chi connectivity index (χ0n) is 10.1. The van der Waals surface area contributed by atoms with Crippen molar-refractivity contribution in [2.75, 3.05) is 0 Å². The van der Waals surface area contributed by atoms with Crippen molar-refractivity contribution in [2.24, 2.45) is 0 Å². The van der Waals surface area contributed by atoms with Gasteiger partial charge < -0.3 is 10.0 Å². The van der Waals surface area contributed by atoms with E-state index in [0.29, 0.717) is 23.1 Å². The van der Waals surface area contributed by atoms with Gasteiger partial charge in [-0.1, -0.05) is 30.3 Å². The maximum Gasteiger partial charge on any atom is 0.254 e. The summed E-state index contributed by atoms with van der Waals surface area (Å²) in [5.74, 6) is 0.0790. The number of phenols is 1. The molecule has 1 aliphatic heterocycles. The van der Waals surface area contributed by atoms with Crippen LogP contribution in [0.5, 0.6) is 5.75 Å². The van der Waals surface area contributed by atoms with E-state index >= 15 is 0 Å². The van der Waals surface area contributed by atoms with E-state index in [2.05, 4.69) is 15.9 Å². The number of aromatic hydroxyl groups is 1. The van der Waals surface area contributed by atoms with Gasteiger partial charge in [-0.15, -0.1) is 0 Å². The summed E-state index contributed by atoms with van der Waals surface area (Å²) in [6.07, 6.45) is 0. The van der Waals surface area contributed by atoms with Gasteiger partial charge in [0, 0.05) is 18.7 Å². The molecule has 0 saturated heterocycles. The SMILES string of the molecule is O=C1c2cc(O)c(Br)cc2CN1Cc1ccccc1. The molecule has 0 saturated carbocycles. The van der Waals surface area contributed by atoms with Crippen LogP contribution in [0.15, 0.2) is 46.9 Å². The first kappa shape index (κ1) is 12.2. The van der Waals surface area contributed by atoms with E-state index in [1.807, 2.05) is 36.4 Å². The van der Waals surface area contributed by atoms with E-state index in [1.54, 1.807) is 4.90 Å². The molecule has 0 aromatic heterocycles. The van der Waals surface area contributed by atoms with E-state index in [4.69, 9.17) is 0 Å². The molecule has 1 N–H and O–H groups in total. The molecule has 96 valence electrons. The number of carbonyl (C=O) groups is 1. The average molecular weight is 318 g/mol. The smallest absolute Gasteiger partial charge is 0.254 e. The molecule has 3 rings (SSSR count). The molecule has 0 radical (unpaired) electrons. The third-order valence-electron chi connectivity index (χ3n) is 3.27. The molecule has 1 heterocycles. The summed E-state index contributed by atoms with van der Waals surface area (Å²) in [5, 5.41) is 9.66. The lowest BCUT2D eigenvalue weighted by Crippen LogP contribution is -2.23. The highest BCUT2D eigenvalue weighted by Gasteiger charge is 2.28. The summed E-state index contributed by atoms with van der Waals surface area (Å²) in [6, 6.07) is 13.2. The number of halogens is 1. The van der Waals surface area contributed by atoms with E-state index < -0.39 is 0 Å². The second-order valence-corrected chi connectivity index (χ2v) is 5.46. The summed E-state index contributed by atoms with van der Waals surface area (Å²) in [5.41, 5.74) is 2.65. The van der Waals surface area contributed by atoms with Crippen LogP contribution >= 0.6 is 15.9 Å². The highest BCUT2D eigenvalue weighted by molar-refractivity contribution is 9.10. The molecule has 1 amide bonds. The second-order valence-electron chi connectivity index (χ2n) is 4.61. The topological polar surface area (TPSA) is 40.5 Å². The summed E-state index contributed by atoms with van der Waals surface area (Å²) in [4.78, 5) is 14.0. The molecule has 0 unspecified atom stereocenters. The fourth-order valence-electron chi connectivity index (χ4n) is 2.31. The van der Waals surface area contributed by atoms with Crippen molar-refractivity contribution in [1.82, 2.24) is 4.90 Å². The molecule has 0 fully saturated rings. The number of carbonyl (C=O) groups excluding carboxylic acids is 1.